The van der Waals surface area contributed by atoms with Gasteiger partial charge in [0.15, 0.2) is 5.16 Å². The molecule has 1 aliphatic carbocycles. The summed E-state index contributed by atoms with van der Waals surface area (Å²) in [4.78, 5) is 31.4. The third kappa shape index (κ3) is 3.63. The molecule has 1 aliphatic rings. The number of fused-ring (bicyclic) bond motifs is 1. The summed E-state index contributed by atoms with van der Waals surface area (Å²) < 4.78 is 1.53. The van der Waals surface area contributed by atoms with E-state index in [1.807, 2.05) is 37.3 Å². The molecule has 0 bridgehead atoms. The van der Waals surface area contributed by atoms with E-state index in [0.29, 0.717) is 38.0 Å². The van der Waals surface area contributed by atoms with Gasteiger partial charge in [-0.05, 0) is 61.4 Å². The first kappa shape index (κ1) is 18.3. The summed E-state index contributed by atoms with van der Waals surface area (Å²) in [5.74, 6) is 1.65. The molecule has 1 saturated carbocycles. The topological polar surface area (TPSA) is 73.6 Å². The van der Waals surface area contributed by atoms with E-state index in [1.54, 1.807) is 18.3 Å². The maximum Gasteiger partial charge on any atom is 0.267 e. The van der Waals surface area contributed by atoms with Crippen molar-refractivity contribution in [1.29, 1.82) is 0 Å². The summed E-state index contributed by atoms with van der Waals surface area (Å²) in [6.45, 7) is 1.96. The summed E-state index contributed by atoms with van der Waals surface area (Å²) in [7, 11) is 0. The van der Waals surface area contributed by atoms with Crippen LogP contribution in [0.5, 0.6) is 0 Å². The van der Waals surface area contributed by atoms with E-state index in [4.69, 9.17) is 16.6 Å². The second-order valence-corrected chi connectivity index (χ2v) is 8.38. The zero-order valence-electron chi connectivity index (χ0n) is 15.5. The third-order valence-electron chi connectivity index (χ3n) is 4.70. The Labute approximate surface area is 176 Å². The largest absolute Gasteiger partial charge is 0.268 e. The molecule has 8 heteroatoms. The standard InChI is InChI=1S/C21H16ClN5OS/c1-12-8-9-23-17(10-12)27-20(28)14-4-2-3-5-15(14)24-21(27)29-18-11-16(22)25-19(26-18)13-6-7-13/h2-5,8-11,13H,6-7H2,1H3. The number of hydrogen-bond acceptors (Lipinski definition) is 6. The Morgan fingerprint density at radius 3 is 2.72 bits per heavy atom. The van der Waals surface area contributed by atoms with Crippen LogP contribution in [0, 0.1) is 6.92 Å². The number of nitrogens with zero attached hydrogens (tertiary/aromatic N) is 5. The first-order chi connectivity index (χ1) is 14.1. The normalized spacial score (nSPS) is 13.7. The van der Waals surface area contributed by atoms with Crippen molar-refractivity contribution < 1.29 is 0 Å². The zero-order valence-corrected chi connectivity index (χ0v) is 17.1. The number of benzene rings is 1. The SMILES string of the molecule is Cc1ccnc(-n2c(Sc3cc(Cl)nc(C4CC4)n3)nc3ccccc3c2=O)c1. The van der Waals surface area contributed by atoms with Crippen molar-refractivity contribution >= 4 is 34.3 Å². The third-order valence-corrected chi connectivity index (χ3v) is 5.77. The highest BCUT2D eigenvalue weighted by molar-refractivity contribution is 7.99. The van der Waals surface area contributed by atoms with Gasteiger partial charge in [-0.1, -0.05) is 23.7 Å². The molecule has 1 fully saturated rings. The Morgan fingerprint density at radius 1 is 1.10 bits per heavy atom. The van der Waals surface area contributed by atoms with Crippen molar-refractivity contribution in [2.75, 3.05) is 0 Å². The van der Waals surface area contributed by atoms with Gasteiger partial charge in [0.05, 0.1) is 10.9 Å². The second-order valence-electron chi connectivity index (χ2n) is 7.01. The predicted molar refractivity (Wildman–Crippen MR) is 113 cm³/mol. The number of rotatable bonds is 4. The minimum atomic E-state index is -0.168. The minimum Gasteiger partial charge on any atom is -0.268 e. The Morgan fingerprint density at radius 2 is 1.93 bits per heavy atom. The van der Waals surface area contributed by atoms with Gasteiger partial charge in [0, 0.05) is 18.2 Å². The highest BCUT2D eigenvalue weighted by Gasteiger charge is 2.27. The lowest BCUT2D eigenvalue weighted by atomic mass is 10.2. The average Bonchev–Trinajstić information content (AvgIpc) is 3.53. The van der Waals surface area contributed by atoms with Gasteiger partial charge in [-0.15, -0.1) is 0 Å². The van der Waals surface area contributed by atoms with Crippen LogP contribution in [0.15, 0.2) is 63.6 Å². The lowest BCUT2D eigenvalue weighted by Gasteiger charge is -2.13. The first-order valence-corrected chi connectivity index (χ1v) is 10.4. The molecule has 5 rings (SSSR count). The first-order valence-electron chi connectivity index (χ1n) is 9.25. The highest BCUT2D eigenvalue weighted by Crippen LogP contribution is 2.39. The highest BCUT2D eigenvalue weighted by atomic mass is 35.5. The van der Waals surface area contributed by atoms with E-state index >= 15 is 0 Å². The van der Waals surface area contributed by atoms with Crippen LogP contribution >= 0.6 is 23.4 Å². The lowest BCUT2D eigenvalue weighted by Crippen LogP contribution is -2.22. The molecule has 0 atom stereocenters. The van der Waals surface area contributed by atoms with E-state index in [2.05, 4.69) is 15.0 Å². The van der Waals surface area contributed by atoms with Crippen LogP contribution in [0.2, 0.25) is 5.15 Å². The number of para-hydroxylation sites is 1. The minimum absolute atomic E-state index is 0.168. The molecule has 0 saturated heterocycles. The molecule has 0 unspecified atom stereocenters. The Balaban J connectivity index is 1.70. The fourth-order valence-corrected chi connectivity index (χ4v) is 4.27. The molecule has 3 aromatic heterocycles. The molecule has 4 aromatic rings. The molecule has 6 nitrogen and oxygen atoms in total. The summed E-state index contributed by atoms with van der Waals surface area (Å²) >= 11 is 7.52. The fraction of sp³-hybridized carbons (Fsp3) is 0.190. The monoisotopic (exact) mass is 421 g/mol. The molecule has 0 N–H and O–H groups in total. The quantitative estimate of drug-likeness (QED) is 0.355. The van der Waals surface area contributed by atoms with Crippen LogP contribution < -0.4 is 5.56 Å². The van der Waals surface area contributed by atoms with Gasteiger partial charge < -0.3 is 0 Å². The predicted octanol–water partition coefficient (Wildman–Crippen LogP) is 4.56. The van der Waals surface area contributed by atoms with Crippen LogP contribution in [0.1, 0.15) is 30.1 Å². The van der Waals surface area contributed by atoms with Crippen LogP contribution in [0.3, 0.4) is 0 Å². The number of pyridine rings is 1. The molecule has 0 radical (unpaired) electrons. The van der Waals surface area contributed by atoms with E-state index in [1.165, 1.54) is 16.3 Å². The number of halogens is 1. The van der Waals surface area contributed by atoms with Gasteiger partial charge in [0.1, 0.15) is 21.8 Å². The molecule has 0 amide bonds. The average molecular weight is 422 g/mol. The summed E-state index contributed by atoms with van der Waals surface area (Å²) in [6.07, 6.45) is 3.85. The maximum absolute atomic E-state index is 13.3. The smallest absolute Gasteiger partial charge is 0.267 e. The van der Waals surface area contributed by atoms with Crippen LogP contribution in [-0.2, 0) is 0 Å². The van der Waals surface area contributed by atoms with Crippen molar-refractivity contribution in [2.45, 2.75) is 35.9 Å². The van der Waals surface area contributed by atoms with Gasteiger partial charge in [-0.2, -0.15) is 0 Å². The van der Waals surface area contributed by atoms with Crippen LogP contribution in [0.25, 0.3) is 16.7 Å². The Hall–Kier alpha value is -2.77. The van der Waals surface area contributed by atoms with Gasteiger partial charge in [-0.25, -0.2) is 24.5 Å². The van der Waals surface area contributed by atoms with Gasteiger partial charge in [0.2, 0.25) is 0 Å². The van der Waals surface area contributed by atoms with Crippen LogP contribution in [0.4, 0.5) is 0 Å². The van der Waals surface area contributed by atoms with Gasteiger partial charge in [0.25, 0.3) is 5.56 Å². The second kappa shape index (κ2) is 7.24. The molecule has 144 valence electrons. The molecule has 0 spiro atoms. The Bertz CT molecular complexity index is 1300. The zero-order chi connectivity index (χ0) is 20.0. The lowest BCUT2D eigenvalue weighted by molar-refractivity contribution is 0.790. The van der Waals surface area contributed by atoms with E-state index in [9.17, 15) is 4.79 Å². The molecular weight excluding hydrogens is 406 g/mol. The molecule has 3 heterocycles. The molecular formula is C21H16ClN5OS. The summed E-state index contributed by atoms with van der Waals surface area (Å²) in [5, 5.41) is 2.09. The number of aromatic nitrogens is 5. The van der Waals surface area contributed by atoms with E-state index < -0.39 is 0 Å². The summed E-state index contributed by atoms with van der Waals surface area (Å²) in [6, 6.07) is 12.8. The molecule has 1 aromatic carbocycles. The van der Waals surface area contributed by atoms with Gasteiger partial charge >= 0.3 is 0 Å². The van der Waals surface area contributed by atoms with Crippen molar-refractivity contribution in [3.63, 3.8) is 0 Å². The molecule has 0 aliphatic heterocycles. The number of hydrogen-bond donors (Lipinski definition) is 0. The number of aryl methyl sites for hydroxylation is 1. The van der Waals surface area contributed by atoms with Crippen molar-refractivity contribution in [1.82, 2.24) is 24.5 Å². The summed E-state index contributed by atoms with van der Waals surface area (Å²) in [5.41, 5.74) is 1.47. The Kier molecular flexibility index (Phi) is 4.56. The van der Waals surface area contributed by atoms with Crippen LogP contribution in [-0.4, -0.2) is 24.5 Å². The van der Waals surface area contributed by atoms with E-state index in [0.717, 1.165) is 24.2 Å². The van der Waals surface area contributed by atoms with E-state index in [-0.39, 0.29) is 5.56 Å². The fourth-order valence-electron chi connectivity index (χ4n) is 3.11. The molecule has 29 heavy (non-hydrogen) atoms. The van der Waals surface area contributed by atoms with Gasteiger partial charge in [-0.3, -0.25) is 4.79 Å². The van der Waals surface area contributed by atoms with Crippen molar-refractivity contribution in [3.05, 3.63) is 75.6 Å². The van der Waals surface area contributed by atoms with Crippen molar-refractivity contribution in [3.8, 4) is 5.82 Å². The van der Waals surface area contributed by atoms with Crippen molar-refractivity contribution in [2.24, 2.45) is 0 Å². The maximum atomic E-state index is 13.3.